The highest BCUT2D eigenvalue weighted by Gasteiger charge is 2.36. The first kappa shape index (κ1) is 13.0. The Labute approximate surface area is 97.4 Å². The molecule has 0 aromatic heterocycles. The Morgan fingerprint density at radius 2 is 1.88 bits per heavy atom. The Bertz CT molecular complexity index is 272. The van der Waals surface area contributed by atoms with Crippen molar-refractivity contribution in [2.45, 2.75) is 52.6 Å². The van der Waals surface area contributed by atoms with E-state index in [1.54, 1.807) is 4.90 Å². The fourth-order valence-electron chi connectivity index (χ4n) is 2.18. The number of carbonyl (C=O) groups excluding carboxylic acids is 2. The van der Waals surface area contributed by atoms with Crippen molar-refractivity contribution >= 4 is 11.8 Å². The van der Waals surface area contributed by atoms with E-state index in [-0.39, 0.29) is 36.4 Å². The number of carbonyl (C=O) groups is 2. The van der Waals surface area contributed by atoms with Crippen molar-refractivity contribution in [1.29, 1.82) is 0 Å². The van der Waals surface area contributed by atoms with Crippen LogP contribution in [0.15, 0.2) is 0 Å². The molecule has 0 aliphatic carbocycles. The molecule has 1 saturated heterocycles. The molecule has 1 heterocycles. The summed E-state index contributed by atoms with van der Waals surface area (Å²) < 4.78 is 0. The van der Waals surface area contributed by atoms with Crippen molar-refractivity contribution in [1.82, 2.24) is 10.2 Å². The molecule has 1 rings (SSSR count). The van der Waals surface area contributed by atoms with E-state index in [4.69, 9.17) is 0 Å². The predicted octanol–water partition coefficient (Wildman–Crippen LogP) is 1.16. The molecule has 1 aliphatic heterocycles. The zero-order valence-corrected chi connectivity index (χ0v) is 10.6. The minimum absolute atomic E-state index is 0.0369. The Morgan fingerprint density at radius 3 is 2.31 bits per heavy atom. The molecule has 2 amide bonds. The van der Waals surface area contributed by atoms with E-state index in [9.17, 15) is 9.59 Å². The highest BCUT2D eigenvalue weighted by atomic mass is 16.2. The average Bonchev–Trinajstić information content (AvgIpc) is 2.23. The molecule has 0 radical (unpaired) electrons. The summed E-state index contributed by atoms with van der Waals surface area (Å²) in [6.07, 6.45) is 1.81. The van der Waals surface area contributed by atoms with Gasteiger partial charge in [0.2, 0.25) is 11.8 Å². The first-order chi connectivity index (χ1) is 7.51. The smallest absolute Gasteiger partial charge is 0.246 e. The molecule has 1 unspecified atom stereocenters. The molecule has 1 N–H and O–H groups in total. The molecule has 1 atom stereocenters. The van der Waals surface area contributed by atoms with Gasteiger partial charge >= 0.3 is 0 Å². The third kappa shape index (κ3) is 2.54. The zero-order valence-electron chi connectivity index (χ0n) is 10.6. The van der Waals surface area contributed by atoms with E-state index < -0.39 is 0 Å². The summed E-state index contributed by atoms with van der Waals surface area (Å²) in [5, 5.41) is 2.77. The third-order valence-electron chi connectivity index (χ3n) is 3.23. The normalized spacial score (nSPS) is 21.9. The molecule has 1 aliphatic rings. The lowest BCUT2D eigenvalue weighted by molar-refractivity contribution is -0.148. The fraction of sp³-hybridized carbons (Fsp3) is 0.833. The van der Waals surface area contributed by atoms with Crippen LogP contribution < -0.4 is 5.32 Å². The highest BCUT2D eigenvalue weighted by Crippen LogP contribution is 2.16. The van der Waals surface area contributed by atoms with Crippen LogP contribution >= 0.6 is 0 Å². The monoisotopic (exact) mass is 226 g/mol. The number of rotatable bonds is 4. The van der Waals surface area contributed by atoms with E-state index in [0.717, 1.165) is 12.8 Å². The van der Waals surface area contributed by atoms with Crippen LogP contribution in [0.1, 0.15) is 40.5 Å². The summed E-state index contributed by atoms with van der Waals surface area (Å²) in [5.74, 6) is 0.183. The quantitative estimate of drug-likeness (QED) is 0.782. The van der Waals surface area contributed by atoms with Crippen molar-refractivity contribution in [2.24, 2.45) is 5.92 Å². The lowest BCUT2D eigenvalue weighted by Crippen LogP contribution is -2.62. The van der Waals surface area contributed by atoms with Crippen molar-refractivity contribution in [2.75, 3.05) is 6.54 Å². The first-order valence-electron chi connectivity index (χ1n) is 6.11. The second kappa shape index (κ2) is 5.32. The van der Waals surface area contributed by atoms with Crippen LogP contribution in [-0.4, -0.2) is 35.3 Å². The third-order valence-corrected chi connectivity index (χ3v) is 3.23. The summed E-state index contributed by atoms with van der Waals surface area (Å²) in [6.45, 7) is 8.24. The van der Waals surface area contributed by atoms with Gasteiger partial charge in [0.25, 0.3) is 0 Å². The van der Waals surface area contributed by atoms with E-state index in [1.165, 1.54) is 0 Å². The van der Waals surface area contributed by atoms with Crippen molar-refractivity contribution in [3.05, 3.63) is 0 Å². The second-order valence-corrected chi connectivity index (χ2v) is 4.73. The lowest BCUT2D eigenvalue weighted by Gasteiger charge is -2.38. The number of nitrogens with zero attached hydrogens (tertiary/aromatic N) is 1. The SMILES string of the molecule is CCC(CC)N1CC(=O)NC(C(C)C)C1=O. The molecule has 0 bridgehead atoms. The van der Waals surface area contributed by atoms with Crippen LogP contribution in [0, 0.1) is 5.92 Å². The van der Waals surface area contributed by atoms with Gasteiger partial charge in [-0.2, -0.15) is 0 Å². The van der Waals surface area contributed by atoms with Crippen molar-refractivity contribution in [3.63, 3.8) is 0 Å². The number of hydrogen-bond acceptors (Lipinski definition) is 2. The van der Waals surface area contributed by atoms with Gasteiger partial charge in [0.05, 0.1) is 6.54 Å². The van der Waals surface area contributed by atoms with Gasteiger partial charge in [0, 0.05) is 6.04 Å². The van der Waals surface area contributed by atoms with Crippen molar-refractivity contribution < 1.29 is 9.59 Å². The molecule has 16 heavy (non-hydrogen) atoms. The van der Waals surface area contributed by atoms with Gasteiger partial charge in [-0.25, -0.2) is 0 Å². The van der Waals surface area contributed by atoms with Gasteiger partial charge in [-0.3, -0.25) is 9.59 Å². The number of hydrogen-bond donors (Lipinski definition) is 1. The van der Waals surface area contributed by atoms with Gasteiger partial charge in [0.1, 0.15) is 6.04 Å². The second-order valence-electron chi connectivity index (χ2n) is 4.73. The number of amides is 2. The summed E-state index contributed by atoms with van der Waals surface area (Å²) in [4.78, 5) is 25.5. The van der Waals surface area contributed by atoms with Crippen LogP contribution in [0.5, 0.6) is 0 Å². The largest absolute Gasteiger partial charge is 0.343 e. The summed E-state index contributed by atoms with van der Waals surface area (Å²) >= 11 is 0. The molecular formula is C12H22N2O2. The molecule has 0 saturated carbocycles. The van der Waals surface area contributed by atoms with Crippen LogP contribution in [-0.2, 0) is 9.59 Å². The van der Waals surface area contributed by atoms with Gasteiger partial charge < -0.3 is 10.2 Å². The standard InChI is InChI=1S/C12H22N2O2/c1-5-9(6-2)14-7-10(15)13-11(8(3)4)12(14)16/h8-9,11H,5-7H2,1-4H3,(H,13,15). The van der Waals surface area contributed by atoms with Gasteiger partial charge in [-0.05, 0) is 18.8 Å². The molecule has 0 spiro atoms. The Kier molecular flexibility index (Phi) is 4.33. The Morgan fingerprint density at radius 1 is 1.31 bits per heavy atom. The summed E-state index contributed by atoms with van der Waals surface area (Å²) in [7, 11) is 0. The van der Waals surface area contributed by atoms with Crippen LogP contribution in [0.2, 0.25) is 0 Å². The summed E-state index contributed by atoms with van der Waals surface area (Å²) in [5.41, 5.74) is 0. The molecule has 0 aromatic carbocycles. The number of piperazine rings is 1. The number of nitrogens with one attached hydrogen (secondary N) is 1. The Balaban J connectivity index is 2.84. The maximum atomic E-state index is 12.2. The van der Waals surface area contributed by atoms with Gasteiger partial charge in [0.15, 0.2) is 0 Å². The summed E-state index contributed by atoms with van der Waals surface area (Å²) in [6, 6.07) is -0.151. The van der Waals surface area contributed by atoms with Crippen LogP contribution in [0.25, 0.3) is 0 Å². The molecule has 92 valence electrons. The minimum atomic E-state index is -0.346. The maximum Gasteiger partial charge on any atom is 0.246 e. The molecule has 4 heteroatoms. The zero-order chi connectivity index (χ0) is 12.3. The highest BCUT2D eigenvalue weighted by molar-refractivity contribution is 5.95. The fourth-order valence-corrected chi connectivity index (χ4v) is 2.18. The lowest BCUT2D eigenvalue weighted by atomic mass is 9.98. The minimum Gasteiger partial charge on any atom is -0.343 e. The molecule has 0 aromatic rings. The van der Waals surface area contributed by atoms with E-state index in [0.29, 0.717) is 0 Å². The molecule has 1 fully saturated rings. The van der Waals surface area contributed by atoms with Gasteiger partial charge in [-0.15, -0.1) is 0 Å². The predicted molar refractivity (Wildman–Crippen MR) is 62.9 cm³/mol. The molecular weight excluding hydrogens is 204 g/mol. The first-order valence-corrected chi connectivity index (χ1v) is 6.11. The Hall–Kier alpha value is -1.06. The maximum absolute atomic E-state index is 12.2. The van der Waals surface area contributed by atoms with Gasteiger partial charge in [-0.1, -0.05) is 27.7 Å². The topological polar surface area (TPSA) is 49.4 Å². The van der Waals surface area contributed by atoms with Crippen LogP contribution in [0.3, 0.4) is 0 Å². The van der Waals surface area contributed by atoms with E-state index in [1.807, 2.05) is 13.8 Å². The van der Waals surface area contributed by atoms with Crippen molar-refractivity contribution in [3.8, 4) is 0 Å². The van der Waals surface area contributed by atoms with E-state index >= 15 is 0 Å². The van der Waals surface area contributed by atoms with Crippen LogP contribution in [0.4, 0.5) is 0 Å². The van der Waals surface area contributed by atoms with E-state index in [2.05, 4.69) is 19.2 Å². The average molecular weight is 226 g/mol. The molecule has 4 nitrogen and oxygen atoms in total.